The highest BCUT2D eigenvalue weighted by molar-refractivity contribution is 7.21. The molecular weight excluding hydrogens is 541 g/mol. The molecule has 1 amide bonds. The molecule has 8 nitrogen and oxygen atoms in total. The molecule has 4 aromatic heterocycles. The van der Waals surface area contributed by atoms with Crippen LogP contribution in [0.25, 0.3) is 27.1 Å². The van der Waals surface area contributed by atoms with Crippen LogP contribution in [0.5, 0.6) is 0 Å². The Hall–Kier alpha value is -2.96. The van der Waals surface area contributed by atoms with Gasteiger partial charge in [-0.15, -0.1) is 24.5 Å². The van der Waals surface area contributed by atoms with Gasteiger partial charge in [0.05, 0.1) is 26.9 Å². The molecule has 214 valence electrons. The van der Waals surface area contributed by atoms with E-state index in [1.165, 1.54) is 16.9 Å². The van der Waals surface area contributed by atoms with E-state index in [0.717, 1.165) is 58.4 Å². The van der Waals surface area contributed by atoms with Gasteiger partial charge in [-0.25, -0.2) is 9.50 Å². The van der Waals surface area contributed by atoms with Crippen LogP contribution in [0.15, 0.2) is 24.7 Å². The average Bonchev–Trinajstić information content (AvgIpc) is 3.59. The zero-order valence-corrected chi connectivity index (χ0v) is 23.8. The Bertz CT molecular complexity index is 1540. The topological polar surface area (TPSA) is 78.8 Å². The first kappa shape index (κ1) is 27.2. The number of rotatable bonds is 6. The molecule has 1 N–H and O–H groups in total. The van der Waals surface area contributed by atoms with Gasteiger partial charge in [0, 0.05) is 44.0 Å². The lowest BCUT2D eigenvalue weighted by Gasteiger charge is -2.47. The minimum Gasteiger partial charge on any atom is -0.354 e. The van der Waals surface area contributed by atoms with Gasteiger partial charge in [0.15, 0.2) is 5.65 Å². The first-order chi connectivity index (χ1) is 19.0. The SMILES string of the molecule is Cc1cc(-c2[nH]c3cc(C(=O)N(C)C4CCC(N5CC(OC(F)(F)F)C5)CC4)sc3c2C(C)C)cn2ncnc12. The normalized spacial score (nSPS) is 21.0. The van der Waals surface area contributed by atoms with Gasteiger partial charge < -0.3 is 9.88 Å². The fourth-order valence-corrected chi connectivity index (χ4v) is 7.59. The lowest BCUT2D eigenvalue weighted by atomic mass is 9.87. The maximum absolute atomic E-state index is 13.5. The molecule has 1 saturated heterocycles. The second-order valence-electron chi connectivity index (χ2n) is 11.4. The van der Waals surface area contributed by atoms with Crippen molar-refractivity contribution in [3.8, 4) is 11.3 Å². The smallest absolute Gasteiger partial charge is 0.354 e. The van der Waals surface area contributed by atoms with Crippen LogP contribution in [0.1, 0.15) is 66.2 Å². The maximum Gasteiger partial charge on any atom is 0.522 e. The molecular formula is C28H33F3N6O2S. The van der Waals surface area contributed by atoms with Crippen molar-refractivity contribution in [2.75, 3.05) is 20.1 Å². The number of ether oxygens (including phenoxy) is 1. The minimum absolute atomic E-state index is 0.0109. The molecule has 12 heteroatoms. The third-order valence-electron chi connectivity index (χ3n) is 8.37. The first-order valence-corrected chi connectivity index (χ1v) is 14.5. The molecule has 0 atom stereocenters. The van der Waals surface area contributed by atoms with Gasteiger partial charge in [0.1, 0.15) is 6.33 Å². The molecule has 1 saturated carbocycles. The average molecular weight is 575 g/mol. The second kappa shape index (κ2) is 10.1. The molecule has 2 fully saturated rings. The molecule has 0 aromatic carbocycles. The summed E-state index contributed by atoms with van der Waals surface area (Å²) in [6.07, 6.45) is 1.59. The van der Waals surface area contributed by atoms with Gasteiger partial charge in [0.2, 0.25) is 0 Å². The van der Waals surface area contributed by atoms with Crippen LogP contribution >= 0.6 is 11.3 Å². The predicted molar refractivity (Wildman–Crippen MR) is 148 cm³/mol. The summed E-state index contributed by atoms with van der Waals surface area (Å²) < 4.78 is 44.3. The van der Waals surface area contributed by atoms with E-state index in [-0.39, 0.29) is 23.9 Å². The fraction of sp³-hybridized carbons (Fsp3) is 0.536. The molecule has 0 radical (unpaired) electrons. The first-order valence-electron chi connectivity index (χ1n) is 13.7. The Morgan fingerprint density at radius 1 is 1.20 bits per heavy atom. The summed E-state index contributed by atoms with van der Waals surface area (Å²) >= 11 is 1.53. The lowest BCUT2D eigenvalue weighted by molar-refractivity contribution is -0.356. The van der Waals surface area contributed by atoms with Crippen LogP contribution in [0.2, 0.25) is 0 Å². The number of thiophene rings is 1. The van der Waals surface area contributed by atoms with Gasteiger partial charge in [-0.3, -0.25) is 14.4 Å². The van der Waals surface area contributed by atoms with E-state index in [1.54, 1.807) is 10.8 Å². The molecule has 4 aromatic rings. The highest BCUT2D eigenvalue weighted by Crippen LogP contribution is 2.41. The Kier molecular flexibility index (Phi) is 6.90. The summed E-state index contributed by atoms with van der Waals surface area (Å²) in [6.45, 7) is 6.98. The number of hydrogen-bond donors (Lipinski definition) is 1. The Labute approximate surface area is 234 Å². The van der Waals surface area contributed by atoms with Gasteiger partial charge in [-0.2, -0.15) is 5.10 Å². The summed E-state index contributed by atoms with van der Waals surface area (Å²) in [6, 6.07) is 4.44. The minimum atomic E-state index is -4.58. The number of aromatic amines is 1. The highest BCUT2D eigenvalue weighted by Gasteiger charge is 2.42. The van der Waals surface area contributed by atoms with Crippen molar-refractivity contribution in [2.45, 2.75) is 76.9 Å². The van der Waals surface area contributed by atoms with Crippen molar-refractivity contribution < 1.29 is 22.7 Å². The number of aryl methyl sites for hydroxylation is 1. The summed E-state index contributed by atoms with van der Waals surface area (Å²) in [5, 5.41) is 4.32. The monoisotopic (exact) mass is 574 g/mol. The van der Waals surface area contributed by atoms with E-state index >= 15 is 0 Å². The number of aromatic nitrogens is 4. The fourth-order valence-electron chi connectivity index (χ4n) is 6.30. The zero-order valence-electron chi connectivity index (χ0n) is 23.0. The van der Waals surface area contributed by atoms with Crippen molar-refractivity contribution in [3.63, 3.8) is 0 Å². The van der Waals surface area contributed by atoms with E-state index in [4.69, 9.17) is 0 Å². The maximum atomic E-state index is 13.5. The Morgan fingerprint density at radius 3 is 2.60 bits per heavy atom. The lowest BCUT2D eigenvalue weighted by Crippen LogP contribution is -2.58. The molecule has 1 aliphatic heterocycles. The standard InChI is InChI=1S/C28H33F3N6O2S/c1-15(2)23-24(17-9-16(3)26-32-14-33-37(26)11-17)34-21-10-22(40-25(21)23)27(38)35(4)18-5-7-19(8-6-18)36-12-20(13-36)39-28(29,30)31/h9-11,14-15,18-20,34H,5-8,12-13H2,1-4H3. The number of likely N-dealkylation sites (tertiary alicyclic amines) is 1. The summed E-state index contributed by atoms with van der Waals surface area (Å²) in [5.41, 5.74) is 6.08. The molecule has 2 aliphatic rings. The second-order valence-corrected chi connectivity index (χ2v) is 12.4. The van der Waals surface area contributed by atoms with E-state index in [1.807, 2.05) is 31.1 Å². The predicted octanol–water partition coefficient (Wildman–Crippen LogP) is 5.97. The molecule has 40 heavy (non-hydrogen) atoms. The number of nitrogens with zero attached hydrogens (tertiary/aromatic N) is 5. The van der Waals surface area contributed by atoms with Crippen LogP contribution in [-0.4, -0.2) is 80.0 Å². The molecule has 0 spiro atoms. The van der Waals surface area contributed by atoms with Crippen molar-refractivity contribution in [1.29, 1.82) is 0 Å². The van der Waals surface area contributed by atoms with Crippen molar-refractivity contribution in [2.24, 2.45) is 0 Å². The Balaban J connectivity index is 1.14. The third-order valence-corrected chi connectivity index (χ3v) is 9.53. The van der Waals surface area contributed by atoms with E-state index < -0.39 is 12.5 Å². The quantitative estimate of drug-likeness (QED) is 0.307. The summed E-state index contributed by atoms with van der Waals surface area (Å²) in [4.78, 5) is 26.1. The van der Waals surface area contributed by atoms with E-state index in [2.05, 4.69) is 44.6 Å². The van der Waals surface area contributed by atoms with Crippen LogP contribution in [0, 0.1) is 6.92 Å². The summed E-state index contributed by atoms with van der Waals surface area (Å²) in [5.74, 6) is 0.254. The van der Waals surface area contributed by atoms with E-state index in [9.17, 15) is 18.0 Å². The number of halogens is 3. The number of carbonyl (C=O) groups is 1. The number of hydrogen-bond acceptors (Lipinski definition) is 6. The molecule has 0 unspecified atom stereocenters. The molecule has 5 heterocycles. The molecule has 1 aliphatic carbocycles. The van der Waals surface area contributed by atoms with Crippen LogP contribution in [0.4, 0.5) is 13.2 Å². The molecule has 6 rings (SSSR count). The van der Waals surface area contributed by atoms with Gasteiger partial charge >= 0.3 is 6.36 Å². The molecule has 0 bridgehead atoms. The number of H-pyrrole nitrogens is 1. The van der Waals surface area contributed by atoms with Crippen LogP contribution in [0.3, 0.4) is 0 Å². The number of fused-ring (bicyclic) bond motifs is 2. The Morgan fingerprint density at radius 2 is 1.93 bits per heavy atom. The summed E-state index contributed by atoms with van der Waals surface area (Å²) in [7, 11) is 1.86. The van der Waals surface area contributed by atoms with Crippen LogP contribution in [-0.2, 0) is 4.74 Å². The zero-order chi connectivity index (χ0) is 28.3. The van der Waals surface area contributed by atoms with Crippen LogP contribution < -0.4 is 0 Å². The van der Waals surface area contributed by atoms with E-state index in [0.29, 0.717) is 18.0 Å². The van der Waals surface area contributed by atoms with Crippen molar-refractivity contribution in [1.82, 2.24) is 29.4 Å². The number of pyridine rings is 1. The number of carbonyl (C=O) groups excluding carboxylic acids is 1. The van der Waals surface area contributed by atoms with Gasteiger partial charge in [0.25, 0.3) is 5.91 Å². The number of nitrogens with one attached hydrogen (secondary N) is 1. The largest absolute Gasteiger partial charge is 0.522 e. The van der Waals surface area contributed by atoms with Crippen molar-refractivity contribution in [3.05, 3.63) is 40.7 Å². The van der Waals surface area contributed by atoms with Gasteiger partial charge in [-0.1, -0.05) is 13.8 Å². The third kappa shape index (κ3) is 5.01. The number of alkyl halides is 3. The van der Waals surface area contributed by atoms with Crippen molar-refractivity contribution >= 4 is 33.1 Å². The van der Waals surface area contributed by atoms with Gasteiger partial charge in [-0.05, 0) is 61.8 Å². The highest BCUT2D eigenvalue weighted by atomic mass is 32.1. The number of amides is 1.